The highest BCUT2D eigenvalue weighted by Crippen LogP contribution is 2.29. The van der Waals surface area contributed by atoms with Gasteiger partial charge >= 0.3 is 0 Å². The van der Waals surface area contributed by atoms with E-state index in [-0.39, 0.29) is 10.7 Å². The maximum atomic E-state index is 12.3. The number of nitrogens with one attached hydrogen (secondary N) is 1. The van der Waals surface area contributed by atoms with Crippen molar-refractivity contribution in [2.45, 2.75) is 31.4 Å². The van der Waals surface area contributed by atoms with E-state index in [0.717, 1.165) is 22.3 Å². The highest BCUT2D eigenvalue weighted by molar-refractivity contribution is 7.84. The van der Waals surface area contributed by atoms with Crippen molar-refractivity contribution in [3.05, 3.63) is 60.4 Å². The molecule has 0 saturated carbocycles. The summed E-state index contributed by atoms with van der Waals surface area (Å²) in [6.07, 6.45) is 7.05. The zero-order chi connectivity index (χ0) is 17.2. The molecule has 6 heteroatoms. The molecule has 2 unspecified atom stereocenters. The summed E-state index contributed by atoms with van der Waals surface area (Å²) in [4.78, 5) is 8.33. The average Bonchev–Trinajstić information content (AvgIpc) is 2.98. The Morgan fingerprint density at radius 2 is 2.00 bits per heavy atom. The molecule has 3 aromatic heterocycles. The Balaban J connectivity index is 1.92. The molecule has 0 bridgehead atoms. The lowest BCUT2D eigenvalue weighted by Gasteiger charge is -2.21. The number of rotatable bonds is 5. The first-order valence-corrected chi connectivity index (χ1v) is 8.99. The minimum Gasteiger partial charge on any atom is -0.460 e. The Morgan fingerprint density at radius 3 is 2.67 bits per heavy atom. The van der Waals surface area contributed by atoms with Crippen LogP contribution in [0, 0.1) is 0 Å². The second-order valence-electron chi connectivity index (χ2n) is 6.63. The molecule has 3 heterocycles. The van der Waals surface area contributed by atoms with Gasteiger partial charge in [-0.3, -0.25) is 9.97 Å². The predicted molar refractivity (Wildman–Crippen MR) is 96.0 cm³/mol. The molecule has 5 nitrogen and oxygen atoms in total. The quantitative estimate of drug-likeness (QED) is 0.771. The first-order valence-electron chi connectivity index (χ1n) is 7.84. The maximum absolute atomic E-state index is 12.3. The van der Waals surface area contributed by atoms with Gasteiger partial charge in [-0.1, -0.05) is 6.07 Å². The van der Waals surface area contributed by atoms with Crippen molar-refractivity contribution in [3.8, 4) is 0 Å². The minimum atomic E-state index is -1.15. The van der Waals surface area contributed by atoms with E-state index in [1.165, 1.54) is 0 Å². The number of hydrogen-bond donors (Lipinski definition) is 1. The fourth-order valence-corrected chi connectivity index (χ4v) is 3.17. The van der Waals surface area contributed by atoms with Gasteiger partial charge in [-0.05, 0) is 44.5 Å². The Labute approximate surface area is 144 Å². The Kier molecular flexibility index (Phi) is 4.78. The number of nitrogens with zero attached hydrogens (tertiary/aromatic N) is 2. The summed E-state index contributed by atoms with van der Waals surface area (Å²) >= 11 is 0. The Morgan fingerprint density at radius 1 is 1.21 bits per heavy atom. The standard InChI is InChI=1S/C18H21N3O2S/c1-18(2,3)24(22)21-12-15(13-5-4-7-19-10-13)17-9-14-11-20-8-6-16(14)23-17/h4-11,15,21H,12H2,1-3H3. The molecule has 1 N–H and O–H groups in total. The van der Waals surface area contributed by atoms with Gasteiger partial charge in [0.05, 0.1) is 21.7 Å². The van der Waals surface area contributed by atoms with Crippen LogP contribution in [0.2, 0.25) is 0 Å². The molecule has 24 heavy (non-hydrogen) atoms. The van der Waals surface area contributed by atoms with Crippen LogP contribution in [-0.2, 0) is 11.0 Å². The summed E-state index contributed by atoms with van der Waals surface area (Å²) in [5.41, 5.74) is 1.81. The lowest BCUT2D eigenvalue weighted by molar-refractivity contribution is 0.514. The molecule has 0 amide bonds. The van der Waals surface area contributed by atoms with Crippen molar-refractivity contribution >= 4 is 22.0 Å². The monoisotopic (exact) mass is 343 g/mol. The number of pyridine rings is 2. The molecule has 126 valence electrons. The van der Waals surface area contributed by atoms with Crippen LogP contribution >= 0.6 is 0 Å². The highest BCUT2D eigenvalue weighted by atomic mass is 32.2. The van der Waals surface area contributed by atoms with Crippen molar-refractivity contribution in [1.82, 2.24) is 14.7 Å². The van der Waals surface area contributed by atoms with E-state index in [4.69, 9.17) is 4.42 Å². The third kappa shape index (κ3) is 3.71. The van der Waals surface area contributed by atoms with Gasteiger partial charge in [0.15, 0.2) is 0 Å². The van der Waals surface area contributed by atoms with Crippen LogP contribution in [0.1, 0.15) is 38.0 Å². The summed E-state index contributed by atoms with van der Waals surface area (Å²) in [6.45, 7) is 6.34. The van der Waals surface area contributed by atoms with E-state index in [1.807, 2.05) is 51.2 Å². The van der Waals surface area contributed by atoms with Crippen molar-refractivity contribution in [1.29, 1.82) is 0 Å². The largest absolute Gasteiger partial charge is 0.460 e. The van der Waals surface area contributed by atoms with Crippen molar-refractivity contribution < 1.29 is 8.63 Å². The molecule has 0 aliphatic rings. The fraction of sp³-hybridized carbons (Fsp3) is 0.333. The topological polar surface area (TPSA) is 68.0 Å². The number of aromatic nitrogens is 2. The summed E-state index contributed by atoms with van der Waals surface area (Å²) in [5.74, 6) is 0.738. The molecule has 0 spiro atoms. The van der Waals surface area contributed by atoms with E-state index >= 15 is 0 Å². The summed E-state index contributed by atoms with van der Waals surface area (Å²) in [6, 6.07) is 7.74. The molecular formula is C18H21N3O2S. The van der Waals surface area contributed by atoms with Gasteiger partial charge in [-0.25, -0.2) is 8.93 Å². The van der Waals surface area contributed by atoms with Crippen molar-refractivity contribution in [2.75, 3.05) is 6.54 Å². The highest BCUT2D eigenvalue weighted by Gasteiger charge is 2.24. The van der Waals surface area contributed by atoms with Crippen LogP contribution in [0.15, 0.2) is 53.5 Å². The normalized spacial score (nSPS) is 14.6. The molecule has 0 aliphatic heterocycles. The third-order valence-corrected chi connectivity index (χ3v) is 5.28. The molecule has 3 rings (SSSR count). The van der Waals surface area contributed by atoms with Gasteiger partial charge in [-0.2, -0.15) is 0 Å². The van der Waals surface area contributed by atoms with E-state index in [1.54, 1.807) is 18.6 Å². The van der Waals surface area contributed by atoms with Crippen LogP contribution in [0.3, 0.4) is 0 Å². The van der Waals surface area contributed by atoms with E-state index in [0.29, 0.717) is 6.54 Å². The van der Waals surface area contributed by atoms with E-state index in [9.17, 15) is 4.21 Å². The van der Waals surface area contributed by atoms with Crippen LogP contribution in [-0.4, -0.2) is 25.5 Å². The van der Waals surface area contributed by atoms with Crippen molar-refractivity contribution in [3.63, 3.8) is 0 Å². The second-order valence-corrected chi connectivity index (χ2v) is 8.68. The number of furan rings is 1. The average molecular weight is 343 g/mol. The smallest absolute Gasteiger partial charge is 0.137 e. The first kappa shape index (κ1) is 16.8. The van der Waals surface area contributed by atoms with Gasteiger partial charge in [0, 0.05) is 36.7 Å². The lowest BCUT2D eigenvalue weighted by atomic mass is 9.98. The SMILES string of the molecule is CC(C)(C)S(=O)NCC(c1cccnc1)c1cc2cnccc2o1. The molecule has 3 aromatic rings. The lowest BCUT2D eigenvalue weighted by Crippen LogP contribution is -2.35. The van der Waals surface area contributed by atoms with Crippen molar-refractivity contribution in [2.24, 2.45) is 0 Å². The van der Waals surface area contributed by atoms with Gasteiger partial charge in [0.2, 0.25) is 0 Å². The minimum absolute atomic E-state index is 0.0719. The summed E-state index contributed by atoms with van der Waals surface area (Å²) < 4.78 is 21.2. The molecule has 2 atom stereocenters. The van der Waals surface area contributed by atoms with E-state index in [2.05, 4.69) is 14.7 Å². The molecule has 0 aliphatic carbocycles. The summed E-state index contributed by atoms with van der Waals surface area (Å²) in [7, 11) is -1.15. The molecular weight excluding hydrogens is 322 g/mol. The zero-order valence-electron chi connectivity index (χ0n) is 14.0. The Bertz CT molecular complexity index is 807. The molecule has 0 aromatic carbocycles. The van der Waals surface area contributed by atoms with Crippen LogP contribution in [0.4, 0.5) is 0 Å². The maximum Gasteiger partial charge on any atom is 0.137 e. The molecule has 0 fully saturated rings. The molecule has 0 saturated heterocycles. The van der Waals surface area contributed by atoms with Gasteiger partial charge < -0.3 is 4.42 Å². The van der Waals surface area contributed by atoms with Gasteiger partial charge in [0.25, 0.3) is 0 Å². The van der Waals surface area contributed by atoms with Crippen LogP contribution < -0.4 is 4.72 Å². The predicted octanol–water partition coefficient (Wildman–Crippen LogP) is 3.41. The number of fused-ring (bicyclic) bond motifs is 1. The summed E-state index contributed by atoms with van der Waals surface area (Å²) in [5, 5.41) is 0.957. The van der Waals surface area contributed by atoms with E-state index < -0.39 is 11.0 Å². The van der Waals surface area contributed by atoms with Gasteiger partial charge in [0.1, 0.15) is 11.3 Å². The number of hydrogen-bond acceptors (Lipinski definition) is 4. The van der Waals surface area contributed by atoms with Crippen LogP contribution in [0.25, 0.3) is 11.0 Å². The van der Waals surface area contributed by atoms with Crippen LogP contribution in [0.5, 0.6) is 0 Å². The van der Waals surface area contributed by atoms with Gasteiger partial charge in [-0.15, -0.1) is 0 Å². The third-order valence-electron chi connectivity index (χ3n) is 3.74. The molecule has 0 radical (unpaired) electrons. The fourth-order valence-electron chi connectivity index (χ4n) is 2.42. The first-order chi connectivity index (χ1) is 11.4. The Hall–Kier alpha value is -2.05. The second kappa shape index (κ2) is 6.83. The zero-order valence-corrected chi connectivity index (χ0v) is 14.8.